The number of rotatable bonds is 8. The van der Waals surface area contributed by atoms with Crippen molar-refractivity contribution in [3.05, 3.63) is 35.2 Å². The van der Waals surface area contributed by atoms with Gasteiger partial charge in [-0.25, -0.2) is 21.6 Å². The summed E-state index contributed by atoms with van der Waals surface area (Å²) in [7, 11) is -3.80. The molecule has 30 heavy (non-hydrogen) atoms. The summed E-state index contributed by atoms with van der Waals surface area (Å²) in [6.07, 6.45) is 0.906. The molecule has 1 aliphatic heterocycles. The molecule has 0 radical (unpaired) electrons. The number of hydrogen-bond donors (Lipinski definition) is 1. The molecule has 0 unspecified atom stereocenters. The second kappa shape index (κ2) is 8.56. The van der Waals surface area contributed by atoms with Gasteiger partial charge in [-0.15, -0.1) is 0 Å². The van der Waals surface area contributed by atoms with Crippen LogP contribution in [0.5, 0.6) is 11.5 Å². The van der Waals surface area contributed by atoms with Crippen molar-refractivity contribution in [3.63, 3.8) is 0 Å². The van der Waals surface area contributed by atoms with Crippen LogP contribution in [-0.4, -0.2) is 58.9 Å². The summed E-state index contributed by atoms with van der Waals surface area (Å²) in [4.78, 5) is 0.110. The molecule has 1 aromatic carbocycles. The summed E-state index contributed by atoms with van der Waals surface area (Å²) >= 11 is 0. The predicted octanol–water partition coefficient (Wildman–Crippen LogP) is 1.40. The Bertz CT molecular complexity index is 1140. The van der Waals surface area contributed by atoms with Gasteiger partial charge in [-0.05, 0) is 44.4 Å². The summed E-state index contributed by atoms with van der Waals surface area (Å²) in [6, 6.07) is 5.10. The molecular weight excluding hydrogens is 430 g/mol. The number of aryl methyl sites for hydroxylation is 1. The predicted molar refractivity (Wildman–Crippen MR) is 112 cm³/mol. The van der Waals surface area contributed by atoms with Gasteiger partial charge < -0.3 is 9.47 Å². The van der Waals surface area contributed by atoms with Crippen molar-refractivity contribution in [3.8, 4) is 11.5 Å². The summed E-state index contributed by atoms with van der Waals surface area (Å²) in [5, 5.41) is 4.33. The lowest BCUT2D eigenvalue weighted by Gasteiger charge is -2.12. The zero-order chi connectivity index (χ0) is 22.1. The molecule has 11 heteroatoms. The summed E-state index contributed by atoms with van der Waals surface area (Å²) < 4.78 is 64.1. The topological polar surface area (TPSA) is 117 Å². The number of methoxy groups -OCH3 is 2. The van der Waals surface area contributed by atoms with Gasteiger partial charge in [0.1, 0.15) is 4.90 Å². The SMILES string of the molecule is COc1ccc(CCNS(=O)(=O)c2c(C)nn([C@H]3CCS(=O)(=O)C3)c2C)cc1OC. The molecule has 1 aromatic heterocycles. The minimum atomic E-state index is -3.80. The second-order valence-electron chi connectivity index (χ2n) is 7.34. The van der Waals surface area contributed by atoms with E-state index in [1.165, 1.54) is 0 Å². The number of aromatic nitrogens is 2. The van der Waals surface area contributed by atoms with Crippen molar-refractivity contribution in [2.24, 2.45) is 0 Å². The quantitative estimate of drug-likeness (QED) is 0.637. The monoisotopic (exact) mass is 457 g/mol. The molecular formula is C19H27N3O6S2. The first-order chi connectivity index (χ1) is 14.1. The highest BCUT2D eigenvalue weighted by atomic mass is 32.2. The van der Waals surface area contributed by atoms with Crippen molar-refractivity contribution in [1.82, 2.24) is 14.5 Å². The third kappa shape index (κ3) is 4.62. The average Bonchev–Trinajstić information content (AvgIpc) is 3.19. The third-order valence-corrected chi connectivity index (χ3v) is 8.70. The molecule has 1 fully saturated rings. The highest BCUT2D eigenvalue weighted by molar-refractivity contribution is 7.91. The fraction of sp³-hybridized carbons (Fsp3) is 0.526. The van der Waals surface area contributed by atoms with Gasteiger partial charge in [0.15, 0.2) is 21.3 Å². The third-order valence-electron chi connectivity index (χ3n) is 5.24. The van der Waals surface area contributed by atoms with Crippen LogP contribution >= 0.6 is 0 Å². The molecule has 0 spiro atoms. The Hall–Kier alpha value is -2.11. The lowest BCUT2D eigenvalue weighted by atomic mass is 10.1. The van der Waals surface area contributed by atoms with Crippen molar-refractivity contribution in [2.75, 3.05) is 32.3 Å². The number of nitrogens with one attached hydrogen (secondary N) is 1. The molecule has 0 saturated carbocycles. The first kappa shape index (κ1) is 22.6. The number of sulfonamides is 1. The van der Waals surface area contributed by atoms with E-state index in [0.717, 1.165) is 5.56 Å². The molecule has 3 rings (SSSR count). The molecule has 1 saturated heterocycles. The zero-order valence-corrected chi connectivity index (χ0v) is 19.1. The Morgan fingerprint density at radius 1 is 1.20 bits per heavy atom. The van der Waals surface area contributed by atoms with Gasteiger partial charge in [-0.3, -0.25) is 4.68 Å². The zero-order valence-electron chi connectivity index (χ0n) is 17.5. The van der Waals surface area contributed by atoms with E-state index in [-0.39, 0.29) is 29.0 Å². The van der Waals surface area contributed by atoms with Crippen LogP contribution < -0.4 is 14.2 Å². The average molecular weight is 458 g/mol. The van der Waals surface area contributed by atoms with Crippen LogP contribution in [0.3, 0.4) is 0 Å². The molecule has 9 nitrogen and oxygen atoms in total. The van der Waals surface area contributed by atoms with Crippen LogP contribution in [0.1, 0.15) is 29.4 Å². The van der Waals surface area contributed by atoms with Crippen LogP contribution in [0, 0.1) is 13.8 Å². The van der Waals surface area contributed by atoms with E-state index in [9.17, 15) is 16.8 Å². The van der Waals surface area contributed by atoms with Gasteiger partial charge >= 0.3 is 0 Å². The fourth-order valence-electron chi connectivity index (χ4n) is 3.80. The lowest BCUT2D eigenvalue weighted by molar-refractivity contribution is 0.354. The Kier molecular flexibility index (Phi) is 6.44. The minimum Gasteiger partial charge on any atom is -0.493 e. The summed E-state index contributed by atoms with van der Waals surface area (Å²) in [5.41, 5.74) is 1.71. The van der Waals surface area contributed by atoms with Gasteiger partial charge in [0, 0.05) is 6.54 Å². The molecule has 166 valence electrons. The smallest absolute Gasteiger partial charge is 0.244 e. The standard InChI is InChI=1S/C19H27N3O6S2/c1-13-19(14(2)22(21-13)16-8-10-29(23,24)12-16)30(25,26)20-9-7-15-5-6-17(27-3)18(11-15)28-4/h5-6,11,16,20H,7-10,12H2,1-4H3/t16-/m0/s1. The molecule has 2 heterocycles. The molecule has 1 aliphatic rings. The molecule has 0 bridgehead atoms. The van der Waals surface area contributed by atoms with Crippen LogP contribution in [0.25, 0.3) is 0 Å². The van der Waals surface area contributed by atoms with Gasteiger partial charge in [0.2, 0.25) is 10.0 Å². The van der Waals surface area contributed by atoms with Crippen LogP contribution in [0.2, 0.25) is 0 Å². The molecule has 1 N–H and O–H groups in total. The number of nitrogens with zero attached hydrogens (tertiary/aromatic N) is 2. The van der Waals surface area contributed by atoms with E-state index in [0.29, 0.717) is 35.7 Å². The number of benzene rings is 1. The number of ether oxygens (including phenoxy) is 2. The van der Waals surface area contributed by atoms with Crippen molar-refractivity contribution in [1.29, 1.82) is 0 Å². The van der Waals surface area contributed by atoms with Gasteiger partial charge in [-0.2, -0.15) is 5.10 Å². The van der Waals surface area contributed by atoms with E-state index in [1.54, 1.807) is 38.8 Å². The number of hydrogen-bond acceptors (Lipinski definition) is 7. The Balaban J connectivity index is 1.73. The normalized spacial score (nSPS) is 18.5. The van der Waals surface area contributed by atoms with Crippen molar-refractivity contribution in [2.45, 2.75) is 37.6 Å². The van der Waals surface area contributed by atoms with Crippen LogP contribution in [-0.2, 0) is 26.3 Å². The van der Waals surface area contributed by atoms with Crippen molar-refractivity contribution >= 4 is 19.9 Å². The highest BCUT2D eigenvalue weighted by Gasteiger charge is 2.33. The van der Waals surface area contributed by atoms with E-state index < -0.39 is 19.9 Å². The maximum Gasteiger partial charge on any atom is 0.244 e. The molecule has 2 aromatic rings. The minimum absolute atomic E-state index is 0.0127. The van der Waals surface area contributed by atoms with E-state index in [2.05, 4.69) is 9.82 Å². The Morgan fingerprint density at radius 3 is 2.50 bits per heavy atom. The fourth-order valence-corrected chi connectivity index (χ4v) is 6.92. The first-order valence-corrected chi connectivity index (χ1v) is 12.8. The first-order valence-electron chi connectivity index (χ1n) is 9.54. The van der Waals surface area contributed by atoms with Gasteiger partial charge in [-0.1, -0.05) is 6.07 Å². The van der Waals surface area contributed by atoms with Crippen LogP contribution in [0.15, 0.2) is 23.1 Å². The maximum atomic E-state index is 12.9. The van der Waals surface area contributed by atoms with Gasteiger partial charge in [0.25, 0.3) is 0 Å². The van der Waals surface area contributed by atoms with E-state index in [4.69, 9.17) is 9.47 Å². The van der Waals surface area contributed by atoms with Crippen LogP contribution in [0.4, 0.5) is 0 Å². The summed E-state index contributed by atoms with van der Waals surface area (Å²) in [6.45, 7) is 3.48. The lowest BCUT2D eigenvalue weighted by Crippen LogP contribution is -2.27. The molecule has 1 atom stereocenters. The highest BCUT2D eigenvalue weighted by Crippen LogP contribution is 2.29. The summed E-state index contributed by atoms with van der Waals surface area (Å²) in [5.74, 6) is 1.27. The molecule has 0 aliphatic carbocycles. The molecule has 0 amide bonds. The van der Waals surface area contributed by atoms with E-state index in [1.807, 2.05) is 12.1 Å². The largest absolute Gasteiger partial charge is 0.493 e. The van der Waals surface area contributed by atoms with Crippen molar-refractivity contribution < 1.29 is 26.3 Å². The Labute approximate surface area is 177 Å². The second-order valence-corrected chi connectivity index (χ2v) is 11.3. The number of sulfone groups is 1. The Morgan fingerprint density at radius 2 is 1.90 bits per heavy atom. The maximum absolute atomic E-state index is 12.9. The van der Waals surface area contributed by atoms with E-state index >= 15 is 0 Å². The van der Waals surface area contributed by atoms with Gasteiger partial charge in [0.05, 0.1) is 43.2 Å².